The summed E-state index contributed by atoms with van der Waals surface area (Å²) in [6.45, 7) is 8.01. The average Bonchev–Trinajstić information content (AvgIpc) is 2.79. The third-order valence-corrected chi connectivity index (χ3v) is 3.34. The van der Waals surface area contributed by atoms with Gasteiger partial charge in [0.2, 0.25) is 0 Å². The van der Waals surface area contributed by atoms with E-state index in [2.05, 4.69) is 29.2 Å². The Morgan fingerprint density at radius 3 is 2.68 bits per heavy atom. The molecule has 2 aromatic rings. The van der Waals surface area contributed by atoms with Crippen LogP contribution in [0.15, 0.2) is 12.3 Å². The first-order valence-corrected chi connectivity index (χ1v) is 6.69. The van der Waals surface area contributed by atoms with Gasteiger partial charge >= 0.3 is 0 Å². The van der Waals surface area contributed by atoms with Crippen molar-refractivity contribution in [2.24, 2.45) is 0 Å². The van der Waals surface area contributed by atoms with Gasteiger partial charge in [0.25, 0.3) is 5.91 Å². The van der Waals surface area contributed by atoms with Crippen LogP contribution in [-0.4, -0.2) is 26.5 Å². The van der Waals surface area contributed by atoms with Crippen LogP contribution in [0.3, 0.4) is 0 Å². The molecule has 19 heavy (non-hydrogen) atoms. The minimum Gasteiger partial charge on any atom is -0.349 e. The average molecular weight is 260 g/mol. The first-order chi connectivity index (χ1) is 9.06. The summed E-state index contributed by atoms with van der Waals surface area (Å²) in [6, 6.07) is 2.15. The summed E-state index contributed by atoms with van der Waals surface area (Å²) in [4.78, 5) is 16.7. The van der Waals surface area contributed by atoms with Gasteiger partial charge in [0.05, 0.1) is 6.20 Å². The molecule has 0 aliphatic heterocycles. The SMILES string of the molecule is CCC(CC)NC(=O)c1cnn2c(C)cc(C)nc12. The van der Waals surface area contributed by atoms with Gasteiger partial charge in [-0.15, -0.1) is 0 Å². The fourth-order valence-electron chi connectivity index (χ4n) is 2.19. The van der Waals surface area contributed by atoms with Gasteiger partial charge in [-0.1, -0.05) is 13.8 Å². The van der Waals surface area contributed by atoms with Gasteiger partial charge < -0.3 is 5.32 Å². The predicted molar refractivity (Wildman–Crippen MR) is 74.3 cm³/mol. The summed E-state index contributed by atoms with van der Waals surface area (Å²) in [5.74, 6) is -0.0961. The Morgan fingerprint density at radius 2 is 2.05 bits per heavy atom. The smallest absolute Gasteiger partial charge is 0.256 e. The maximum atomic E-state index is 12.3. The number of rotatable bonds is 4. The van der Waals surface area contributed by atoms with E-state index in [0.29, 0.717) is 11.2 Å². The van der Waals surface area contributed by atoms with Crippen molar-refractivity contribution in [3.63, 3.8) is 0 Å². The van der Waals surface area contributed by atoms with Crippen molar-refractivity contribution >= 4 is 11.6 Å². The summed E-state index contributed by atoms with van der Waals surface area (Å²) in [5.41, 5.74) is 3.03. The van der Waals surface area contributed by atoms with E-state index in [1.165, 1.54) is 0 Å². The van der Waals surface area contributed by atoms with Crippen LogP contribution in [-0.2, 0) is 0 Å². The number of nitrogens with zero attached hydrogens (tertiary/aromatic N) is 3. The summed E-state index contributed by atoms with van der Waals surface area (Å²) in [5, 5.41) is 7.25. The predicted octanol–water partition coefficient (Wildman–Crippen LogP) is 2.26. The number of hydrogen-bond donors (Lipinski definition) is 1. The van der Waals surface area contributed by atoms with Crippen molar-refractivity contribution in [1.29, 1.82) is 0 Å². The minimum absolute atomic E-state index is 0.0961. The van der Waals surface area contributed by atoms with Crippen LogP contribution in [0.4, 0.5) is 0 Å². The van der Waals surface area contributed by atoms with Gasteiger partial charge in [0.15, 0.2) is 5.65 Å². The molecule has 0 radical (unpaired) electrons. The molecule has 2 heterocycles. The zero-order chi connectivity index (χ0) is 14.0. The molecule has 0 unspecified atom stereocenters. The van der Waals surface area contributed by atoms with E-state index in [-0.39, 0.29) is 11.9 Å². The van der Waals surface area contributed by atoms with Crippen LogP contribution in [0, 0.1) is 13.8 Å². The molecule has 0 aliphatic rings. The highest BCUT2D eigenvalue weighted by Crippen LogP contribution is 2.12. The van der Waals surface area contributed by atoms with Gasteiger partial charge in [-0.05, 0) is 32.8 Å². The number of hydrogen-bond acceptors (Lipinski definition) is 3. The van der Waals surface area contributed by atoms with Crippen LogP contribution >= 0.6 is 0 Å². The molecule has 1 N–H and O–H groups in total. The molecule has 0 spiro atoms. The van der Waals surface area contributed by atoms with Crippen LogP contribution in [0.1, 0.15) is 48.4 Å². The normalized spacial score (nSPS) is 11.2. The molecule has 0 aliphatic carbocycles. The first kappa shape index (κ1) is 13.5. The number of carbonyl (C=O) groups is 1. The summed E-state index contributed by atoms with van der Waals surface area (Å²) >= 11 is 0. The van der Waals surface area contributed by atoms with Gasteiger partial charge in [0, 0.05) is 17.4 Å². The lowest BCUT2D eigenvalue weighted by Crippen LogP contribution is -2.33. The second kappa shape index (κ2) is 5.38. The standard InChI is InChI=1S/C14H20N4O/c1-5-11(6-2)17-14(19)12-8-15-18-10(4)7-9(3)16-13(12)18/h7-8,11H,5-6H2,1-4H3,(H,17,19). The van der Waals surface area contributed by atoms with Crippen LogP contribution < -0.4 is 5.32 Å². The highest BCUT2D eigenvalue weighted by atomic mass is 16.1. The van der Waals surface area contributed by atoms with Crippen molar-refractivity contribution in [2.45, 2.75) is 46.6 Å². The second-order valence-corrected chi connectivity index (χ2v) is 4.82. The zero-order valence-corrected chi connectivity index (χ0v) is 11.9. The molecule has 0 aromatic carbocycles. The summed E-state index contributed by atoms with van der Waals surface area (Å²) < 4.78 is 1.70. The van der Waals surface area contributed by atoms with Gasteiger partial charge in [0.1, 0.15) is 5.56 Å². The third kappa shape index (κ3) is 2.59. The highest BCUT2D eigenvalue weighted by molar-refractivity contribution is 5.99. The molecule has 1 amide bonds. The largest absolute Gasteiger partial charge is 0.349 e. The van der Waals surface area contributed by atoms with Crippen molar-refractivity contribution in [3.8, 4) is 0 Å². The molecule has 0 bridgehead atoms. The Labute approximate surface area is 113 Å². The number of nitrogens with one attached hydrogen (secondary N) is 1. The Morgan fingerprint density at radius 1 is 1.37 bits per heavy atom. The maximum Gasteiger partial charge on any atom is 0.256 e. The molecule has 0 saturated carbocycles. The van der Waals surface area contributed by atoms with Crippen LogP contribution in [0.2, 0.25) is 0 Å². The van der Waals surface area contributed by atoms with Crippen molar-refractivity contribution in [2.75, 3.05) is 0 Å². The Kier molecular flexibility index (Phi) is 3.83. The number of amides is 1. The number of aryl methyl sites for hydroxylation is 2. The minimum atomic E-state index is -0.0961. The maximum absolute atomic E-state index is 12.3. The Bertz CT molecular complexity index is 599. The fraction of sp³-hybridized carbons (Fsp3) is 0.500. The fourth-order valence-corrected chi connectivity index (χ4v) is 2.19. The lowest BCUT2D eigenvalue weighted by Gasteiger charge is -2.13. The highest BCUT2D eigenvalue weighted by Gasteiger charge is 2.17. The molecule has 5 heteroatoms. The van der Waals surface area contributed by atoms with E-state index >= 15 is 0 Å². The topological polar surface area (TPSA) is 59.3 Å². The van der Waals surface area contributed by atoms with Gasteiger partial charge in [-0.3, -0.25) is 4.79 Å². The molecular weight excluding hydrogens is 240 g/mol. The first-order valence-electron chi connectivity index (χ1n) is 6.69. The van der Waals surface area contributed by atoms with Crippen molar-refractivity contribution in [3.05, 3.63) is 29.2 Å². The van der Waals surface area contributed by atoms with E-state index < -0.39 is 0 Å². The number of aromatic nitrogens is 3. The van der Waals surface area contributed by atoms with Gasteiger partial charge in [-0.2, -0.15) is 5.10 Å². The summed E-state index contributed by atoms with van der Waals surface area (Å²) in [6.07, 6.45) is 3.44. The van der Waals surface area contributed by atoms with Crippen LogP contribution in [0.5, 0.6) is 0 Å². The lowest BCUT2D eigenvalue weighted by molar-refractivity contribution is 0.0936. The lowest BCUT2D eigenvalue weighted by atomic mass is 10.1. The van der Waals surface area contributed by atoms with E-state index in [9.17, 15) is 4.79 Å². The molecular formula is C14H20N4O. The van der Waals surface area contributed by atoms with E-state index in [1.54, 1.807) is 10.7 Å². The second-order valence-electron chi connectivity index (χ2n) is 4.82. The summed E-state index contributed by atoms with van der Waals surface area (Å²) in [7, 11) is 0. The van der Waals surface area contributed by atoms with E-state index in [0.717, 1.165) is 24.2 Å². The molecule has 5 nitrogen and oxygen atoms in total. The number of fused-ring (bicyclic) bond motifs is 1. The quantitative estimate of drug-likeness (QED) is 0.917. The Hall–Kier alpha value is -1.91. The molecule has 2 rings (SSSR count). The molecule has 102 valence electrons. The third-order valence-electron chi connectivity index (χ3n) is 3.34. The molecule has 0 atom stereocenters. The Balaban J connectivity index is 2.38. The van der Waals surface area contributed by atoms with Crippen molar-refractivity contribution in [1.82, 2.24) is 19.9 Å². The van der Waals surface area contributed by atoms with Crippen LogP contribution in [0.25, 0.3) is 5.65 Å². The van der Waals surface area contributed by atoms with E-state index in [4.69, 9.17) is 0 Å². The van der Waals surface area contributed by atoms with Gasteiger partial charge in [-0.25, -0.2) is 9.50 Å². The molecule has 0 fully saturated rings. The monoisotopic (exact) mass is 260 g/mol. The molecule has 0 saturated heterocycles. The van der Waals surface area contributed by atoms with Crippen molar-refractivity contribution < 1.29 is 4.79 Å². The van der Waals surface area contributed by atoms with E-state index in [1.807, 2.05) is 19.9 Å². The molecule has 2 aromatic heterocycles. The number of carbonyl (C=O) groups excluding carboxylic acids is 1. The zero-order valence-electron chi connectivity index (χ0n) is 11.9.